The van der Waals surface area contributed by atoms with E-state index in [2.05, 4.69) is 25.6 Å². The van der Waals surface area contributed by atoms with Gasteiger partial charge < -0.3 is 10.6 Å². The molecule has 1 aromatic heterocycles. The van der Waals surface area contributed by atoms with Gasteiger partial charge in [0.2, 0.25) is 17.2 Å². The zero-order valence-corrected chi connectivity index (χ0v) is 14.3. The Morgan fingerprint density at radius 3 is 1.57 bits per heavy atom. The van der Waals surface area contributed by atoms with Gasteiger partial charge in [0.1, 0.15) is 0 Å². The normalized spacial score (nSPS) is 10.6. The minimum absolute atomic E-state index is 0.191. The summed E-state index contributed by atoms with van der Waals surface area (Å²) < 4.78 is 0. The molecule has 21 heavy (non-hydrogen) atoms. The zero-order chi connectivity index (χ0) is 15.3. The molecular formula is C13H22Cl3N5. The fraction of sp³-hybridized carbons (Fsp3) is 0.769. The number of hydrogen-bond acceptors (Lipinski definition) is 5. The molecule has 0 atom stereocenters. The maximum Gasteiger partial charge on any atom is 0.228 e. The Hall–Kier alpha value is -0.520. The molecule has 0 spiro atoms. The van der Waals surface area contributed by atoms with Crippen LogP contribution in [-0.2, 0) is 0 Å². The van der Waals surface area contributed by atoms with Crippen molar-refractivity contribution in [3.8, 4) is 0 Å². The highest BCUT2D eigenvalue weighted by Crippen LogP contribution is 2.10. The SMILES string of the molecule is ClCCCCCNc1nc(Cl)nc(NCCCCCCl)n1. The molecule has 0 aliphatic carbocycles. The van der Waals surface area contributed by atoms with E-state index >= 15 is 0 Å². The first-order valence-corrected chi connectivity index (χ1v) is 8.72. The van der Waals surface area contributed by atoms with Crippen LogP contribution in [0.1, 0.15) is 38.5 Å². The van der Waals surface area contributed by atoms with Gasteiger partial charge in [-0.25, -0.2) is 0 Å². The van der Waals surface area contributed by atoms with Gasteiger partial charge in [-0.1, -0.05) is 12.8 Å². The minimum atomic E-state index is 0.191. The average molecular weight is 355 g/mol. The third kappa shape index (κ3) is 9.17. The van der Waals surface area contributed by atoms with Crippen molar-refractivity contribution in [3.63, 3.8) is 0 Å². The lowest BCUT2D eigenvalue weighted by atomic mass is 10.2. The second-order valence-electron chi connectivity index (χ2n) is 4.60. The average Bonchev–Trinajstić information content (AvgIpc) is 2.46. The van der Waals surface area contributed by atoms with Gasteiger partial charge in [-0.05, 0) is 37.3 Å². The van der Waals surface area contributed by atoms with Gasteiger partial charge in [-0.15, -0.1) is 23.2 Å². The van der Waals surface area contributed by atoms with E-state index in [1.165, 1.54) is 0 Å². The van der Waals surface area contributed by atoms with Crippen LogP contribution in [0, 0.1) is 0 Å². The number of rotatable bonds is 12. The van der Waals surface area contributed by atoms with Gasteiger partial charge in [-0.2, -0.15) is 15.0 Å². The number of anilines is 2. The maximum atomic E-state index is 5.90. The van der Waals surface area contributed by atoms with Gasteiger partial charge in [0.25, 0.3) is 0 Å². The number of halogens is 3. The summed E-state index contributed by atoms with van der Waals surface area (Å²) in [6, 6.07) is 0. The molecule has 0 saturated carbocycles. The van der Waals surface area contributed by atoms with Crippen LogP contribution in [0.3, 0.4) is 0 Å². The summed E-state index contributed by atoms with van der Waals surface area (Å²) in [5, 5.41) is 6.49. The Morgan fingerprint density at radius 1 is 0.667 bits per heavy atom. The van der Waals surface area contributed by atoms with Crippen LogP contribution >= 0.6 is 34.8 Å². The quantitative estimate of drug-likeness (QED) is 0.436. The number of nitrogens with zero attached hydrogens (tertiary/aromatic N) is 3. The molecule has 1 rings (SSSR count). The molecule has 0 aromatic carbocycles. The lowest BCUT2D eigenvalue weighted by Gasteiger charge is -2.08. The van der Waals surface area contributed by atoms with E-state index < -0.39 is 0 Å². The maximum absolute atomic E-state index is 5.90. The Kier molecular flexibility index (Phi) is 10.6. The molecule has 0 saturated heterocycles. The number of aromatic nitrogens is 3. The van der Waals surface area contributed by atoms with Crippen molar-refractivity contribution < 1.29 is 0 Å². The number of nitrogens with one attached hydrogen (secondary N) is 2. The summed E-state index contributed by atoms with van der Waals surface area (Å²) in [4.78, 5) is 12.4. The fourth-order valence-electron chi connectivity index (χ4n) is 1.70. The van der Waals surface area contributed by atoms with Crippen molar-refractivity contribution in [2.24, 2.45) is 0 Å². The molecular weight excluding hydrogens is 333 g/mol. The highest BCUT2D eigenvalue weighted by molar-refractivity contribution is 6.28. The highest BCUT2D eigenvalue weighted by atomic mass is 35.5. The first kappa shape index (κ1) is 18.5. The first-order valence-electron chi connectivity index (χ1n) is 7.27. The monoisotopic (exact) mass is 353 g/mol. The van der Waals surface area contributed by atoms with Crippen LogP contribution in [-0.4, -0.2) is 39.8 Å². The summed E-state index contributed by atoms with van der Waals surface area (Å²) in [6.07, 6.45) is 6.27. The molecule has 1 heterocycles. The van der Waals surface area contributed by atoms with Crippen LogP contribution in [0.25, 0.3) is 0 Å². The highest BCUT2D eigenvalue weighted by Gasteiger charge is 2.04. The number of unbranched alkanes of at least 4 members (excludes halogenated alkanes) is 4. The van der Waals surface area contributed by atoms with Crippen LogP contribution in [0.2, 0.25) is 5.28 Å². The summed E-state index contributed by atoms with van der Waals surface area (Å²) in [6.45, 7) is 1.60. The summed E-state index contributed by atoms with van der Waals surface area (Å²) in [5.41, 5.74) is 0. The van der Waals surface area contributed by atoms with Gasteiger partial charge in [0.15, 0.2) is 0 Å². The van der Waals surface area contributed by atoms with E-state index in [1.54, 1.807) is 0 Å². The molecule has 0 amide bonds. The van der Waals surface area contributed by atoms with E-state index in [9.17, 15) is 0 Å². The van der Waals surface area contributed by atoms with Crippen molar-refractivity contribution in [2.45, 2.75) is 38.5 Å². The van der Waals surface area contributed by atoms with E-state index in [4.69, 9.17) is 34.8 Å². The summed E-state index contributed by atoms with van der Waals surface area (Å²) in [7, 11) is 0. The topological polar surface area (TPSA) is 62.7 Å². The second-order valence-corrected chi connectivity index (χ2v) is 5.70. The lowest BCUT2D eigenvalue weighted by molar-refractivity contribution is 0.739. The Labute approximate surface area is 141 Å². The molecule has 0 bridgehead atoms. The molecule has 0 aliphatic heterocycles. The van der Waals surface area contributed by atoms with Crippen molar-refractivity contribution in [1.82, 2.24) is 15.0 Å². The van der Waals surface area contributed by atoms with E-state index in [-0.39, 0.29) is 5.28 Å². The van der Waals surface area contributed by atoms with E-state index in [0.717, 1.165) is 51.6 Å². The largest absolute Gasteiger partial charge is 0.354 e. The number of alkyl halides is 2. The minimum Gasteiger partial charge on any atom is -0.354 e. The van der Waals surface area contributed by atoms with Crippen molar-refractivity contribution >= 4 is 46.7 Å². The van der Waals surface area contributed by atoms with Crippen LogP contribution in [0.5, 0.6) is 0 Å². The van der Waals surface area contributed by atoms with Crippen molar-refractivity contribution in [1.29, 1.82) is 0 Å². The molecule has 1 aromatic rings. The third-order valence-corrected chi connectivity index (χ3v) is 3.50. The van der Waals surface area contributed by atoms with Crippen LogP contribution < -0.4 is 10.6 Å². The standard InChI is InChI=1S/C13H22Cl3N5/c14-7-3-1-5-9-17-12-19-11(16)20-13(21-12)18-10-6-2-4-8-15/h1-10H2,(H2,17,18,19,20,21). The van der Waals surface area contributed by atoms with E-state index in [1.807, 2.05) is 0 Å². The third-order valence-electron chi connectivity index (χ3n) is 2.80. The predicted molar refractivity (Wildman–Crippen MR) is 91.0 cm³/mol. The smallest absolute Gasteiger partial charge is 0.228 e. The van der Waals surface area contributed by atoms with Gasteiger partial charge in [0, 0.05) is 24.8 Å². The fourth-order valence-corrected chi connectivity index (χ4v) is 2.24. The van der Waals surface area contributed by atoms with Crippen LogP contribution in [0.15, 0.2) is 0 Å². The van der Waals surface area contributed by atoms with Crippen molar-refractivity contribution in [2.75, 3.05) is 35.5 Å². The molecule has 2 N–H and O–H groups in total. The van der Waals surface area contributed by atoms with Gasteiger partial charge >= 0.3 is 0 Å². The van der Waals surface area contributed by atoms with E-state index in [0.29, 0.717) is 23.7 Å². The van der Waals surface area contributed by atoms with Crippen LogP contribution in [0.4, 0.5) is 11.9 Å². The Bertz CT molecular complexity index is 360. The summed E-state index contributed by atoms with van der Waals surface area (Å²) in [5.74, 6) is 2.42. The molecule has 120 valence electrons. The molecule has 5 nitrogen and oxygen atoms in total. The van der Waals surface area contributed by atoms with Gasteiger partial charge in [-0.3, -0.25) is 0 Å². The molecule has 0 aliphatic rings. The molecule has 8 heteroatoms. The second kappa shape index (κ2) is 12.1. The molecule has 0 fully saturated rings. The molecule has 0 radical (unpaired) electrons. The first-order chi connectivity index (χ1) is 10.3. The van der Waals surface area contributed by atoms with Crippen molar-refractivity contribution in [3.05, 3.63) is 5.28 Å². The molecule has 0 unspecified atom stereocenters. The summed E-state index contributed by atoms with van der Waals surface area (Å²) >= 11 is 17.2. The Balaban J connectivity index is 2.32. The lowest BCUT2D eigenvalue weighted by Crippen LogP contribution is -2.11. The predicted octanol–water partition coefficient (Wildman–Crippen LogP) is 4.17. The van der Waals surface area contributed by atoms with Gasteiger partial charge in [0.05, 0.1) is 0 Å². The Morgan fingerprint density at radius 2 is 1.14 bits per heavy atom. The zero-order valence-electron chi connectivity index (χ0n) is 12.0. The number of hydrogen-bond donors (Lipinski definition) is 2.